The molecule has 278 valence electrons. The van der Waals surface area contributed by atoms with E-state index in [1.165, 1.54) is 63.9 Å². The largest absolute Gasteiger partial charge is 0.475 e. The van der Waals surface area contributed by atoms with E-state index in [0.29, 0.717) is 25.9 Å². The predicted octanol–water partition coefficient (Wildman–Crippen LogP) is 10.2. The Morgan fingerprint density at radius 3 is 1.91 bits per heavy atom. The topological polar surface area (TPSA) is 119 Å². The van der Waals surface area contributed by atoms with E-state index in [1.807, 2.05) is 6.92 Å². The molecule has 3 atom stereocenters. The molecule has 0 rings (SSSR count). The van der Waals surface area contributed by atoms with Crippen molar-refractivity contribution in [3.8, 4) is 0 Å². The molecule has 0 saturated carbocycles. The zero-order chi connectivity index (χ0) is 35.2. The number of nitrogens with one attached hydrogen (secondary N) is 1. The Bertz CT molecular complexity index is 834. The monoisotopic (exact) mass is 691 g/mol. The number of esters is 1. The minimum atomic E-state index is -3.88. The molecule has 0 aliphatic carbocycles. The van der Waals surface area contributed by atoms with Crippen molar-refractivity contribution in [2.24, 2.45) is 0 Å². The normalized spacial score (nSPS) is 14.3. The smallest absolute Gasteiger partial charge is 0.462 e. The third kappa shape index (κ3) is 29.2. The fourth-order valence-electron chi connectivity index (χ4n) is 4.75. The van der Waals surface area contributed by atoms with E-state index < -0.39 is 25.6 Å². The number of hydrogen-bond donors (Lipinski definition) is 1. The highest BCUT2D eigenvalue weighted by atomic mass is 31.2. The van der Waals surface area contributed by atoms with E-state index in [-0.39, 0.29) is 38.5 Å². The average Bonchev–Trinajstić information content (AvgIpc) is 3.01. The van der Waals surface area contributed by atoms with Gasteiger partial charge in [0.15, 0.2) is 0 Å². The molecule has 0 aromatic rings. The van der Waals surface area contributed by atoms with Crippen molar-refractivity contribution in [2.45, 2.75) is 175 Å². The lowest BCUT2D eigenvalue weighted by atomic mass is 10.1. The van der Waals surface area contributed by atoms with E-state index in [1.54, 1.807) is 20.8 Å². The minimum Gasteiger partial charge on any atom is -0.462 e. The summed E-state index contributed by atoms with van der Waals surface area (Å²) in [5.41, 5.74) is -0.703. The lowest BCUT2D eigenvalue weighted by Gasteiger charge is -2.25. The quantitative estimate of drug-likeness (QED) is 0.0318. The Kier molecular flexibility index (Phi) is 28.6. The first kappa shape index (κ1) is 45.6. The van der Waals surface area contributed by atoms with Gasteiger partial charge in [-0.2, -0.15) is 0 Å². The van der Waals surface area contributed by atoms with Gasteiger partial charge in [0.05, 0.1) is 39.1 Å². The Morgan fingerprint density at radius 1 is 0.745 bits per heavy atom. The summed E-state index contributed by atoms with van der Waals surface area (Å²) >= 11 is 0. The Balaban J connectivity index is 5.03. The van der Waals surface area contributed by atoms with Gasteiger partial charge >= 0.3 is 19.9 Å². The molecule has 47 heavy (non-hydrogen) atoms. The van der Waals surface area contributed by atoms with Crippen molar-refractivity contribution in [3.63, 3.8) is 0 Å². The highest BCUT2D eigenvalue weighted by Crippen LogP contribution is 2.49. The van der Waals surface area contributed by atoms with Gasteiger partial charge in [0, 0.05) is 12.8 Å². The number of carbonyl (C=O) groups excluding carboxylic acids is 2. The summed E-state index contributed by atoms with van der Waals surface area (Å²) < 4.78 is 46.6. The number of hydrogen-bond acceptors (Lipinski definition) is 9. The molecule has 0 radical (unpaired) electrons. The molecule has 1 N–H and O–H groups in total. The van der Waals surface area contributed by atoms with Gasteiger partial charge in [-0.1, -0.05) is 104 Å². The fraction of sp³-hybridized carbons (Fsp3) is 0.889. The molecule has 0 spiro atoms. The summed E-state index contributed by atoms with van der Waals surface area (Å²) in [6.07, 6.45) is 19.4. The zero-order valence-corrected chi connectivity index (χ0v) is 31.7. The van der Waals surface area contributed by atoms with E-state index in [4.69, 9.17) is 27.8 Å². The number of ether oxygens (including phenoxy) is 3. The second-order valence-electron chi connectivity index (χ2n) is 13.3. The number of rotatable bonds is 32. The van der Waals surface area contributed by atoms with Crippen LogP contribution in [0.25, 0.3) is 0 Å². The number of phosphoric ester groups is 1. The Hall–Kier alpha value is -1.45. The molecule has 0 saturated heterocycles. The van der Waals surface area contributed by atoms with Crippen LogP contribution in [0.15, 0.2) is 12.7 Å². The van der Waals surface area contributed by atoms with Crippen LogP contribution in [0, 0.1) is 0 Å². The lowest BCUT2D eigenvalue weighted by Crippen LogP contribution is -2.44. The summed E-state index contributed by atoms with van der Waals surface area (Å²) in [6, 6.07) is -0.697. The number of carbonyl (C=O) groups is 2. The van der Waals surface area contributed by atoms with Crippen molar-refractivity contribution in [3.05, 3.63) is 12.7 Å². The maximum Gasteiger partial charge on any atom is 0.475 e. The fourth-order valence-corrected chi connectivity index (χ4v) is 6.03. The maximum atomic E-state index is 13.1. The van der Waals surface area contributed by atoms with Gasteiger partial charge in [-0.15, -0.1) is 6.58 Å². The number of amides is 1. The van der Waals surface area contributed by atoms with Crippen LogP contribution in [0.2, 0.25) is 0 Å². The SMILES string of the molecule is C=CCOP(=O)(OCCC)OC[C@@H](COCC[C@@H](CCCCCCC)OC(=O)CCCCCCCCCCC)NC(=O)OC(C)(C)C. The number of phosphoric acid groups is 1. The summed E-state index contributed by atoms with van der Waals surface area (Å²) in [5, 5.41) is 2.73. The van der Waals surface area contributed by atoms with Crippen molar-refractivity contribution in [2.75, 3.05) is 33.0 Å². The van der Waals surface area contributed by atoms with Crippen LogP contribution in [0.3, 0.4) is 0 Å². The van der Waals surface area contributed by atoms with Gasteiger partial charge in [0.25, 0.3) is 0 Å². The molecule has 0 heterocycles. The molecule has 0 aromatic carbocycles. The van der Waals surface area contributed by atoms with E-state index >= 15 is 0 Å². The number of alkyl carbamates (subject to hydrolysis) is 1. The van der Waals surface area contributed by atoms with Crippen LogP contribution in [0.5, 0.6) is 0 Å². The third-order valence-electron chi connectivity index (χ3n) is 7.27. The van der Waals surface area contributed by atoms with Gasteiger partial charge in [0.1, 0.15) is 11.7 Å². The van der Waals surface area contributed by atoms with Gasteiger partial charge < -0.3 is 19.5 Å². The van der Waals surface area contributed by atoms with Crippen molar-refractivity contribution in [1.82, 2.24) is 5.32 Å². The second kappa shape index (κ2) is 29.5. The zero-order valence-electron chi connectivity index (χ0n) is 30.8. The molecule has 11 heteroatoms. The maximum absolute atomic E-state index is 13.1. The summed E-state index contributed by atoms with van der Waals surface area (Å²) in [5.74, 6) is -0.147. The molecule has 0 aliphatic heterocycles. The first-order valence-corrected chi connectivity index (χ1v) is 19.9. The molecule has 0 aliphatic rings. The first-order chi connectivity index (χ1) is 22.5. The molecular weight excluding hydrogens is 621 g/mol. The Morgan fingerprint density at radius 2 is 1.34 bits per heavy atom. The highest BCUT2D eigenvalue weighted by Gasteiger charge is 2.29. The van der Waals surface area contributed by atoms with Gasteiger partial charge in [-0.05, 0) is 46.5 Å². The standard InChI is InChI=1S/C36H70NO9P/c1-8-12-14-16-17-18-19-21-23-25-34(38)45-33(24-22-20-15-13-9-2)26-29-41-30-32(37-35(39)46-36(5,6)7)31-44-47(40,42-27-10-3)43-28-11-4/h10,32-33H,3,8-9,11-31H2,1-2,4-7H3,(H,37,39)/t32-,33-,47?/m1/s1. The van der Waals surface area contributed by atoms with Gasteiger partial charge in [-0.25, -0.2) is 9.36 Å². The Labute approximate surface area is 287 Å². The predicted molar refractivity (Wildman–Crippen MR) is 190 cm³/mol. The van der Waals surface area contributed by atoms with Crippen molar-refractivity contribution < 1.29 is 41.9 Å². The van der Waals surface area contributed by atoms with E-state index in [0.717, 1.165) is 38.5 Å². The third-order valence-corrected chi connectivity index (χ3v) is 8.70. The van der Waals surface area contributed by atoms with Crippen molar-refractivity contribution in [1.29, 1.82) is 0 Å². The van der Waals surface area contributed by atoms with Crippen molar-refractivity contribution >= 4 is 19.9 Å². The molecule has 1 unspecified atom stereocenters. The molecule has 0 fully saturated rings. The van der Waals surface area contributed by atoms with Gasteiger partial charge in [-0.3, -0.25) is 18.4 Å². The van der Waals surface area contributed by atoms with Gasteiger partial charge in [0.2, 0.25) is 0 Å². The minimum absolute atomic E-state index is 0.0146. The number of unbranched alkanes of at least 4 members (excludes halogenated alkanes) is 12. The molecular formula is C36H70NO9P. The van der Waals surface area contributed by atoms with Crippen LogP contribution in [0.1, 0.15) is 157 Å². The molecule has 1 amide bonds. The van der Waals surface area contributed by atoms with Crippen LogP contribution in [-0.2, 0) is 37.1 Å². The van der Waals surface area contributed by atoms with Crippen LogP contribution >= 0.6 is 7.82 Å². The molecule has 0 aromatic heterocycles. The second-order valence-corrected chi connectivity index (χ2v) is 14.9. The average molecular weight is 692 g/mol. The lowest BCUT2D eigenvalue weighted by molar-refractivity contribution is -0.150. The highest BCUT2D eigenvalue weighted by molar-refractivity contribution is 7.48. The van der Waals surface area contributed by atoms with Crippen LogP contribution in [-0.4, -0.2) is 62.8 Å². The molecule has 10 nitrogen and oxygen atoms in total. The van der Waals surface area contributed by atoms with E-state index in [9.17, 15) is 14.2 Å². The first-order valence-electron chi connectivity index (χ1n) is 18.4. The van der Waals surface area contributed by atoms with Crippen LogP contribution < -0.4 is 5.32 Å². The summed E-state index contributed by atoms with van der Waals surface area (Å²) in [4.78, 5) is 25.2. The molecule has 0 bridgehead atoms. The van der Waals surface area contributed by atoms with E-state index in [2.05, 4.69) is 25.7 Å². The summed E-state index contributed by atoms with van der Waals surface area (Å²) in [6.45, 7) is 15.5. The van der Waals surface area contributed by atoms with Crippen LogP contribution in [0.4, 0.5) is 4.79 Å². The summed E-state index contributed by atoms with van der Waals surface area (Å²) in [7, 11) is -3.88.